The highest BCUT2D eigenvalue weighted by atomic mass is 32.2. The van der Waals surface area contributed by atoms with Crippen molar-refractivity contribution in [3.05, 3.63) is 47.2 Å². The van der Waals surface area contributed by atoms with Crippen molar-refractivity contribution in [1.82, 2.24) is 25.1 Å². The van der Waals surface area contributed by atoms with Crippen molar-refractivity contribution in [3.8, 4) is 5.75 Å². The van der Waals surface area contributed by atoms with Crippen molar-refractivity contribution in [2.75, 3.05) is 5.32 Å². The van der Waals surface area contributed by atoms with Gasteiger partial charge in [0.1, 0.15) is 0 Å². The lowest BCUT2D eigenvalue weighted by Gasteiger charge is -2.20. The molecule has 9 nitrogen and oxygen atoms in total. The van der Waals surface area contributed by atoms with Crippen molar-refractivity contribution in [3.63, 3.8) is 0 Å². The van der Waals surface area contributed by atoms with Crippen LogP contribution in [0.25, 0.3) is 0 Å². The second kappa shape index (κ2) is 7.84. The zero-order valence-corrected chi connectivity index (χ0v) is 19.5. The van der Waals surface area contributed by atoms with Gasteiger partial charge >= 0.3 is 0 Å². The number of nitrogens with one attached hydrogen (secondary N) is 4. The fourth-order valence-electron chi connectivity index (χ4n) is 4.52. The van der Waals surface area contributed by atoms with E-state index < -0.39 is 15.8 Å². The van der Waals surface area contributed by atoms with Crippen molar-refractivity contribution in [2.45, 2.75) is 68.9 Å². The van der Waals surface area contributed by atoms with E-state index in [4.69, 9.17) is 4.74 Å². The maximum Gasteiger partial charge on any atom is 0.241 e. The molecular formula is C22H27FN6O3S. The van der Waals surface area contributed by atoms with Gasteiger partial charge in [0.05, 0.1) is 28.6 Å². The Kier molecular flexibility index (Phi) is 5.20. The Morgan fingerprint density at radius 2 is 2.03 bits per heavy atom. The molecule has 3 aromatic rings. The second-order valence-electron chi connectivity index (χ2n) is 9.67. The Morgan fingerprint density at radius 1 is 1.21 bits per heavy atom. The fourth-order valence-corrected chi connectivity index (χ4v) is 5.74. The number of aromatic nitrogens is 4. The lowest BCUT2D eigenvalue weighted by atomic mass is 9.92. The van der Waals surface area contributed by atoms with Gasteiger partial charge in [-0.3, -0.25) is 10.2 Å². The van der Waals surface area contributed by atoms with Crippen LogP contribution in [0.3, 0.4) is 0 Å². The third-order valence-electron chi connectivity index (χ3n) is 6.26. The largest absolute Gasteiger partial charge is 0.487 e. The molecular weight excluding hydrogens is 447 g/mol. The molecule has 1 aliphatic carbocycles. The van der Waals surface area contributed by atoms with E-state index in [9.17, 15) is 12.8 Å². The SMILES string of the molecule is CC(C)(C)c1[nH]ncc1O[C@@H]1CC[C@H](c2cc(Nc3ccc4c(c3F)CNS4(=O)=O)n[nH]2)C1. The van der Waals surface area contributed by atoms with Crippen LogP contribution in [-0.4, -0.2) is 34.9 Å². The normalized spacial score (nSPS) is 21.8. The molecule has 0 unspecified atom stereocenters. The zero-order chi connectivity index (χ0) is 23.4. The summed E-state index contributed by atoms with van der Waals surface area (Å²) < 4.78 is 47.2. The van der Waals surface area contributed by atoms with Gasteiger partial charge in [0.2, 0.25) is 10.0 Å². The van der Waals surface area contributed by atoms with Crippen molar-refractivity contribution < 1.29 is 17.5 Å². The molecule has 1 aromatic carbocycles. The summed E-state index contributed by atoms with van der Waals surface area (Å²) in [4.78, 5) is -0.0162. The Bertz CT molecular complexity index is 1290. The van der Waals surface area contributed by atoms with Crippen LogP contribution < -0.4 is 14.8 Å². The van der Waals surface area contributed by atoms with Crippen LogP contribution in [0.5, 0.6) is 5.75 Å². The molecule has 1 saturated carbocycles. The molecule has 0 radical (unpaired) electrons. The van der Waals surface area contributed by atoms with E-state index in [0.717, 1.165) is 36.4 Å². The number of fused-ring (bicyclic) bond motifs is 1. The number of benzene rings is 1. The van der Waals surface area contributed by atoms with Crippen molar-refractivity contribution in [2.24, 2.45) is 0 Å². The van der Waals surface area contributed by atoms with E-state index in [0.29, 0.717) is 5.82 Å². The van der Waals surface area contributed by atoms with Crippen LogP contribution in [-0.2, 0) is 22.0 Å². The molecule has 1 aliphatic heterocycles. The molecule has 0 spiro atoms. The van der Waals surface area contributed by atoms with Gasteiger partial charge in [-0.25, -0.2) is 17.5 Å². The number of nitrogens with zero attached hydrogens (tertiary/aromatic N) is 2. The van der Waals surface area contributed by atoms with Gasteiger partial charge in [-0.05, 0) is 31.4 Å². The molecule has 2 atom stereocenters. The molecule has 4 N–H and O–H groups in total. The zero-order valence-electron chi connectivity index (χ0n) is 18.7. The Hall–Kier alpha value is -2.92. The lowest BCUT2D eigenvalue weighted by molar-refractivity contribution is 0.203. The lowest BCUT2D eigenvalue weighted by Crippen LogP contribution is -2.17. The molecule has 11 heteroatoms. The monoisotopic (exact) mass is 474 g/mol. The van der Waals surface area contributed by atoms with E-state index in [1.807, 2.05) is 6.07 Å². The minimum Gasteiger partial charge on any atom is -0.487 e. The molecule has 5 rings (SSSR count). The number of halogens is 1. The number of hydrogen-bond acceptors (Lipinski definition) is 6. The van der Waals surface area contributed by atoms with Crippen LogP contribution in [0.1, 0.15) is 62.9 Å². The molecule has 3 heterocycles. The average molecular weight is 475 g/mol. The van der Waals surface area contributed by atoms with Gasteiger partial charge in [-0.15, -0.1) is 0 Å². The first-order valence-corrected chi connectivity index (χ1v) is 12.4. The van der Waals surface area contributed by atoms with E-state index in [1.54, 1.807) is 6.20 Å². The van der Waals surface area contributed by atoms with E-state index in [2.05, 4.69) is 51.2 Å². The van der Waals surface area contributed by atoms with E-state index in [-0.39, 0.29) is 40.1 Å². The highest BCUT2D eigenvalue weighted by Gasteiger charge is 2.32. The minimum atomic E-state index is -3.62. The first-order valence-electron chi connectivity index (χ1n) is 11.0. The first-order chi connectivity index (χ1) is 15.6. The first kappa shape index (κ1) is 21.9. The summed E-state index contributed by atoms with van der Waals surface area (Å²) in [6.07, 6.45) is 4.52. The Morgan fingerprint density at radius 3 is 2.82 bits per heavy atom. The number of anilines is 2. The number of ether oxygens (including phenoxy) is 1. The van der Waals surface area contributed by atoms with Crippen molar-refractivity contribution in [1.29, 1.82) is 0 Å². The molecule has 0 bridgehead atoms. The van der Waals surface area contributed by atoms with Gasteiger partial charge in [-0.2, -0.15) is 10.2 Å². The highest BCUT2D eigenvalue weighted by molar-refractivity contribution is 7.89. The van der Waals surface area contributed by atoms with Gasteiger partial charge in [0, 0.05) is 35.2 Å². The van der Waals surface area contributed by atoms with E-state index >= 15 is 0 Å². The predicted octanol–water partition coefficient (Wildman–Crippen LogP) is 3.82. The van der Waals surface area contributed by atoms with Crippen LogP contribution >= 0.6 is 0 Å². The Labute approximate surface area is 191 Å². The average Bonchev–Trinajstić information content (AvgIpc) is 3.51. The van der Waals surface area contributed by atoms with Crippen LogP contribution in [0.2, 0.25) is 0 Å². The maximum atomic E-state index is 14.8. The number of rotatable bonds is 5. The summed E-state index contributed by atoms with van der Waals surface area (Å²) in [5.74, 6) is 0.938. The van der Waals surface area contributed by atoms with Gasteiger partial charge in [0.25, 0.3) is 0 Å². The third-order valence-corrected chi connectivity index (χ3v) is 7.75. The fraction of sp³-hybridized carbons (Fsp3) is 0.455. The standard InChI is InChI=1S/C22H27FN6O3S/c1-22(2,3)21-17(11-24-29-21)32-13-5-4-12(8-13)16-9-19(28-27-16)26-15-6-7-18-14(20(15)23)10-25-33(18,30)31/h6-7,9,11-13,25H,4-5,8,10H2,1-3H3,(H,24,29)(H2,26,27,28)/t12-,13+/m0/s1. The highest BCUT2D eigenvalue weighted by Crippen LogP contribution is 2.39. The molecule has 1 fully saturated rings. The number of hydrogen-bond donors (Lipinski definition) is 4. The smallest absolute Gasteiger partial charge is 0.241 e. The summed E-state index contributed by atoms with van der Waals surface area (Å²) in [5, 5.41) is 17.5. The van der Waals surface area contributed by atoms with Gasteiger partial charge < -0.3 is 10.1 Å². The third kappa shape index (κ3) is 4.10. The molecule has 2 aromatic heterocycles. The van der Waals surface area contributed by atoms with Gasteiger partial charge in [0.15, 0.2) is 17.4 Å². The maximum absolute atomic E-state index is 14.8. The Balaban J connectivity index is 1.26. The van der Waals surface area contributed by atoms with Crippen molar-refractivity contribution >= 4 is 21.5 Å². The molecule has 33 heavy (non-hydrogen) atoms. The number of H-pyrrole nitrogens is 2. The summed E-state index contributed by atoms with van der Waals surface area (Å²) in [6, 6.07) is 4.70. The minimum absolute atomic E-state index is 0.0162. The van der Waals surface area contributed by atoms with Crippen LogP contribution in [0.4, 0.5) is 15.9 Å². The summed E-state index contributed by atoms with van der Waals surface area (Å²) in [7, 11) is -3.62. The van der Waals surface area contributed by atoms with Gasteiger partial charge in [-0.1, -0.05) is 20.8 Å². The number of aromatic amines is 2. The second-order valence-corrected chi connectivity index (χ2v) is 11.4. The topological polar surface area (TPSA) is 125 Å². The summed E-state index contributed by atoms with van der Waals surface area (Å²) in [6.45, 7) is 6.29. The summed E-state index contributed by atoms with van der Waals surface area (Å²) >= 11 is 0. The quantitative estimate of drug-likeness (QED) is 0.446. The van der Waals surface area contributed by atoms with Crippen LogP contribution in [0.15, 0.2) is 29.3 Å². The van der Waals surface area contributed by atoms with Crippen LogP contribution in [0, 0.1) is 5.82 Å². The molecule has 176 valence electrons. The molecule has 0 saturated heterocycles. The molecule has 2 aliphatic rings. The number of sulfonamides is 1. The summed E-state index contributed by atoms with van der Waals surface area (Å²) in [5.41, 5.74) is 2.19. The molecule has 0 amide bonds. The van der Waals surface area contributed by atoms with E-state index in [1.165, 1.54) is 12.1 Å². The predicted molar refractivity (Wildman–Crippen MR) is 121 cm³/mol.